The fourth-order valence-corrected chi connectivity index (χ4v) is 3.62. The van der Waals surface area contributed by atoms with Gasteiger partial charge in [0.05, 0.1) is 33.4 Å². The number of fused-ring (bicyclic) bond motifs is 1. The van der Waals surface area contributed by atoms with Gasteiger partial charge in [-0.3, -0.25) is 0 Å². The Bertz CT molecular complexity index is 926. The topological polar surface area (TPSA) is 70.4 Å². The van der Waals surface area contributed by atoms with E-state index in [1.54, 1.807) is 27.7 Å². The van der Waals surface area contributed by atoms with Crippen LogP contribution in [-0.2, 0) is 0 Å². The van der Waals surface area contributed by atoms with Crippen molar-refractivity contribution in [2.45, 2.75) is 18.5 Å². The van der Waals surface area contributed by atoms with Gasteiger partial charge in [-0.1, -0.05) is 30.3 Å². The fraction of sp³-hybridized carbons (Fsp3) is 0.300. The lowest BCUT2D eigenvalue weighted by Crippen LogP contribution is -2.28. The van der Waals surface area contributed by atoms with Crippen molar-refractivity contribution in [2.24, 2.45) is 0 Å². The first kappa shape index (κ1) is 17.2. The van der Waals surface area contributed by atoms with Crippen molar-refractivity contribution in [1.29, 1.82) is 0 Å². The van der Waals surface area contributed by atoms with Gasteiger partial charge in [0.1, 0.15) is 12.1 Å². The van der Waals surface area contributed by atoms with Crippen molar-refractivity contribution in [3.05, 3.63) is 59.9 Å². The molecule has 4 rings (SSSR count). The van der Waals surface area contributed by atoms with E-state index in [9.17, 15) is 0 Å². The largest absolute Gasteiger partial charge is 0.497 e. The zero-order valence-electron chi connectivity index (χ0n) is 15.5. The first-order valence-electron chi connectivity index (χ1n) is 8.76. The Morgan fingerprint density at radius 1 is 1.04 bits per heavy atom. The van der Waals surface area contributed by atoms with Crippen molar-refractivity contribution >= 4 is 5.95 Å². The van der Waals surface area contributed by atoms with E-state index in [2.05, 4.69) is 27.5 Å². The molecule has 0 aliphatic carbocycles. The maximum absolute atomic E-state index is 5.69. The summed E-state index contributed by atoms with van der Waals surface area (Å²) in [7, 11) is 4.91. The molecular formula is C20H22N4O3. The lowest BCUT2D eigenvalue weighted by atomic mass is 9.92. The molecule has 2 heterocycles. The molecule has 0 saturated heterocycles. The van der Waals surface area contributed by atoms with Crippen LogP contribution in [0.4, 0.5) is 5.95 Å². The van der Waals surface area contributed by atoms with Crippen LogP contribution < -0.4 is 19.5 Å². The molecule has 0 bridgehead atoms. The molecule has 7 nitrogen and oxygen atoms in total. The molecule has 0 fully saturated rings. The zero-order valence-corrected chi connectivity index (χ0v) is 15.5. The summed E-state index contributed by atoms with van der Waals surface area (Å²) in [6.07, 6.45) is 2.35. The van der Waals surface area contributed by atoms with Crippen LogP contribution in [0, 0.1) is 0 Å². The number of ether oxygens (including phenoxy) is 3. The summed E-state index contributed by atoms with van der Waals surface area (Å²) in [5.74, 6) is 2.74. The van der Waals surface area contributed by atoms with Crippen molar-refractivity contribution < 1.29 is 14.2 Å². The monoisotopic (exact) mass is 366 g/mol. The summed E-state index contributed by atoms with van der Waals surface area (Å²) in [5.41, 5.74) is 2.15. The number of rotatable bonds is 5. The van der Waals surface area contributed by atoms with Crippen LogP contribution in [0.3, 0.4) is 0 Å². The predicted molar refractivity (Wildman–Crippen MR) is 102 cm³/mol. The van der Waals surface area contributed by atoms with Gasteiger partial charge in [-0.05, 0) is 18.1 Å². The third kappa shape index (κ3) is 3.05. The van der Waals surface area contributed by atoms with Crippen molar-refractivity contribution in [3.8, 4) is 17.2 Å². The summed E-state index contributed by atoms with van der Waals surface area (Å²) in [5, 5.41) is 7.91. The molecule has 140 valence electrons. The van der Waals surface area contributed by atoms with E-state index < -0.39 is 0 Å². The Morgan fingerprint density at radius 3 is 2.56 bits per heavy atom. The molecule has 0 amide bonds. The molecule has 1 aromatic heterocycles. The molecule has 0 radical (unpaired) electrons. The van der Waals surface area contributed by atoms with E-state index in [1.165, 1.54) is 5.56 Å². The second-order valence-corrected chi connectivity index (χ2v) is 6.34. The molecule has 2 unspecified atom stereocenters. The molecule has 1 aliphatic rings. The molecule has 27 heavy (non-hydrogen) atoms. The maximum atomic E-state index is 5.69. The molecule has 2 atom stereocenters. The smallest absolute Gasteiger partial charge is 0.222 e. The Morgan fingerprint density at radius 2 is 1.85 bits per heavy atom. The third-order valence-corrected chi connectivity index (χ3v) is 4.91. The van der Waals surface area contributed by atoms with Crippen LogP contribution in [0.2, 0.25) is 0 Å². The van der Waals surface area contributed by atoms with Gasteiger partial charge in [-0.2, -0.15) is 10.1 Å². The molecular weight excluding hydrogens is 344 g/mol. The van der Waals surface area contributed by atoms with E-state index in [1.807, 2.05) is 35.0 Å². The van der Waals surface area contributed by atoms with E-state index in [4.69, 9.17) is 14.2 Å². The normalized spacial score (nSPS) is 18.3. The number of benzene rings is 2. The minimum Gasteiger partial charge on any atom is -0.497 e. The lowest BCUT2D eigenvalue weighted by Gasteiger charge is -2.32. The minimum atomic E-state index is -0.0760. The highest BCUT2D eigenvalue weighted by Gasteiger charge is 2.33. The van der Waals surface area contributed by atoms with Gasteiger partial charge in [-0.15, -0.1) is 0 Å². The van der Waals surface area contributed by atoms with E-state index in [0.717, 1.165) is 17.9 Å². The van der Waals surface area contributed by atoms with Gasteiger partial charge in [0.15, 0.2) is 11.5 Å². The van der Waals surface area contributed by atoms with Gasteiger partial charge >= 0.3 is 0 Å². The average molecular weight is 366 g/mol. The summed E-state index contributed by atoms with van der Waals surface area (Å²) in [4.78, 5) is 4.39. The first-order chi connectivity index (χ1) is 13.2. The van der Waals surface area contributed by atoms with Crippen LogP contribution in [-0.4, -0.2) is 36.1 Å². The number of aromatic nitrogens is 3. The standard InChI is InChI=1S/C20H22N4O3/c1-25-14-9-15(19(27-3)18(10-14)26-2)17-11-16(13-7-5-4-6-8-13)23-20-21-12-22-24(17)20/h4-10,12,16-17H,11H2,1-3H3,(H,21,22,23). The van der Waals surface area contributed by atoms with Gasteiger partial charge in [0.2, 0.25) is 5.95 Å². The van der Waals surface area contributed by atoms with Crippen LogP contribution in [0.5, 0.6) is 17.2 Å². The summed E-state index contributed by atoms with van der Waals surface area (Å²) < 4.78 is 18.6. The highest BCUT2D eigenvalue weighted by Crippen LogP contribution is 2.45. The number of hydrogen-bond acceptors (Lipinski definition) is 6. The molecule has 0 spiro atoms. The first-order valence-corrected chi connectivity index (χ1v) is 8.76. The van der Waals surface area contributed by atoms with E-state index >= 15 is 0 Å². The molecule has 0 saturated carbocycles. The average Bonchev–Trinajstić information content (AvgIpc) is 3.21. The second-order valence-electron chi connectivity index (χ2n) is 6.34. The predicted octanol–water partition coefficient (Wildman–Crippen LogP) is 3.45. The molecule has 1 aliphatic heterocycles. The molecule has 7 heteroatoms. The van der Waals surface area contributed by atoms with Crippen LogP contribution >= 0.6 is 0 Å². The summed E-state index contributed by atoms with van der Waals surface area (Å²) in [6.45, 7) is 0. The summed E-state index contributed by atoms with van der Waals surface area (Å²) in [6, 6.07) is 14.2. The van der Waals surface area contributed by atoms with Gasteiger partial charge in [-0.25, -0.2) is 4.68 Å². The lowest BCUT2D eigenvalue weighted by molar-refractivity contribution is 0.334. The van der Waals surface area contributed by atoms with Crippen molar-refractivity contribution in [2.75, 3.05) is 26.6 Å². The summed E-state index contributed by atoms with van der Waals surface area (Å²) >= 11 is 0. The number of hydrogen-bond donors (Lipinski definition) is 1. The van der Waals surface area contributed by atoms with Gasteiger partial charge in [0.25, 0.3) is 0 Å². The Labute approximate surface area is 157 Å². The Kier molecular flexibility index (Phi) is 4.58. The van der Waals surface area contributed by atoms with E-state index in [-0.39, 0.29) is 12.1 Å². The quantitative estimate of drug-likeness (QED) is 0.746. The fourth-order valence-electron chi connectivity index (χ4n) is 3.62. The van der Waals surface area contributed by atoms with Gasteiger partial charge < -0.3 is 19.5 Å². The molecule has 2 aromatic carbocycles. The highest BCUT2D eigenvalue weighted by atomic mass is 16.5. The van der Waals surface area contributed by atoms with Crippen LogP contribution in [0.1, 0.15) is 29.6 Å². The van der Waals surface area contributed by atoms with E-state index in [0.29, 0.717) is 17.2 Å². The van der Waals surface area contributed by atoms with Crippen LogP contribution in [0.25, 0.3) is 0 Å². The molecule has 3 aromatic rings. The van der Waals surface area contributed by atoms with Crippen molar-refractivity contribution in [1.82, 2.24) is 14.8 Å². The number of anilines is 1. The Hall–Kier alpha value is -3.22. The SMILES string of the molecule is COc1cc(OC)c(OC)c(C2CC(c3ccccc3)Nc3ncnn32)c1. The minimum absolute atomic E-state index is 0.0760. The molecule has 1 N–H and O–H groups in total. The van der Waals surface area contributed by atoms with Gasteiger partial charge in [0, 0.05) is 11.6 Å². The number of methoxy groups -OCH3 is 3. The number of nitrogens with zero attached hydrogens (tertiary/aromatic N) is 3. The Balaban J connectivity index is 1.83. The third-order valence-electron chi connectivity index (χ3n) is 4.91. The zero-order chi connectivity index (χ0) is 18.8. The van der Waals surface area contributed by atoms with Crippen LogP contribution in [0.15, 0.2) is 48.8 Å². The maximum Gasteiger partial charge on any atom is 0.222 e. The highest BCUT2D eigenvalue weighted by molar-refractivity contribution is 5.54. The second kappa shape index (κ2) is 7.19. The van der Waals surface area contributed by atoms with Crippen molar-refractivity contribution in [3.63, 3.8) is 0 Å². The number of nitrogens with one attached hydrogen (secondary N) is 1.